The molecule has 0 aliphatic rings. The molecule has 0 radical (unpaired) electrons. The van der Waals surface area contributed by atoms with E-state index in [2.05, 4.69) is 26.5 Å². The van der Waals surface area contributed by atoms with Crippen LogP contribution < -0.4 is 19.7 Å². The summed E-state index contributed by atoms with van der Waals surface area (Å²) in [6.45, 7) is 9.08. The third-order valence-electron chi connectivity index (χ3n) is 3.90. The van der Waals surface area contributed by atoms with Gasteiger partial charge in [-0.2, -0.15) is 12.6 Å². The molecule has 0 saturated heterocycles. The van der Waals surface area contributed by atoms with Crippen molar-refractivity contribution in [2.75, 3.05) is 5.75 Å². The summed E-state index contributed by atoms with van der Waals surface area (Å²) in [6.07, 6.45) is 3.86. The molecule has 3 N–H and O–H groups in total. The zero-order valence-electron chi connectivity index (χ0n) is 18.5. The molecular weight excluding hydrogens is 424 g/mol. The zero-order chi connectivity index (χ0) is 24.6. The first-order valence-electron chi connectivity index (χ1n) is 9.51. The molecular formula is C21H32N2O7S. The lowest BCUT2D eigenvalue weighted by atomic mass is 10.1. The Kier molecular flexibility index (Phi) is 16.5. The number of hydrogen-bond donors (Lipinski definition) is 4. The van der Waals surface area contributed by atoms with Gasteiger partial charge in [-0.15, -0.1) is 0 Å². The molecule has 0 spiro atoms. The summed E-state index contributed by atoms with van der Waals surface area (Å²) in [4.78, 5) is 18.5. The molecule has 0 saturated carbocycles. The van der Waals surface area contributed by atoms with Crippen molar-refractivity contribution >= 4 is 24.6 Å². The fraction of sp³-hybridized carbons (Fsp3) is 0.429. The van der Waals surface area contributed by atoms with Gasteiger partial charge in [-0.1, -0.05) is 13.8 Å². The molecule has 10 heteroatoms. The number of aryl methyl sites for hydroxylation is 2. The summed E-state index contributed by atoms with van der Waals surface area (Å²) in [6, 6.07) is 7.71. The van der Waals surface area contributed by atoms with Crippen molar-refractivity contribution in [1.82, 2.24) is 0 Å². The summed E-state index contributed by atoms with van der Waals surface area (Å²) >= 11 is 3.35. The Bertz CT molecular complexity index is 763. The van der Waals surface area contributed by atoms with E-state index < -0.39 is 18.0 Å². The molecule has 0 fully saturated rings. The largest absolute Gasteiger partial charge is 0.549 e. The number of carbonyl (C=O) groups is 2. The molecule has 0 aliphatic carbocycles. The van der Waals surface area contributed by atoms with E-state index >= 15 is 0 Å². The lowest BCUT2D eigenvalue weighted by molar-refractivity contribution is -0.909. The molecule has 0 aliphatic heterocycles. The Hall–Kier alpha value is -2.85. The second kappa shape index (κ2) is 16.9. The number of thiol groups is 1. The summed E-state index contributed by atoms with van der Waals surface area (Å²) < 4.78 is 2.30. The minimum atomic E-state index is -1.44. The average molecular weight is 457 g/mol. The highest BCUT2D eigenvalue weighted by atomic mass is 32.1. The van der Waals surface area contributed by atoms with Crippen molar-refractivity contribution in [2.45, 2.75) is 53.6 Å². The van der Waals surface area contributed by atoms with Crippen molar-refractivity contribution in [2.24, 2.45) is 0 Å². The number of aliphatic hydroxyl groups excluding tert-OH is 1. The Balaban J connectivity index is 0. The maximum absolute atomic E-state index is 9.34. The topological polar surface area (TPSA) is 149 Å². The predicted molar refractivity (Wildman–Crippen MR) is 111 cm³/mol. The van der Waals surface area contributed by atoms with Gasteiger partial charge in [0.1, 0.15) is 0 Å². The highest BCUT2D eigenvalue weighted by Crippen LogP contribution is 2.01. The molecule has 2 aromatic heterocycles. The van der Waals surface area contributed by atoms with Crippen LogP contribution in [-0.2, 0) is 22.4 Å². The number of hydrogen-bond acceptors (Lipinski definition) is 8. The Morgan fingerprint density at radius 1 is 0.968 bits per heavy atom. The molecule has 0 aromatic carbocycles. The molecule has 2 aromatic rings. The molecule has 0 amide bonds. The van der Waals surface area contributed by atoms with E-state index in [0.717, 1.165) is 40.6 Å². The van der Waals surface area contributed by atoms with Gasteiger partial charge in [-0.25, -0.2) is 0 Å². The number of aromatic nitrogens is 2. The smallest absolute Gasteiger partial charge is 0.234 e. The van der Waals surface area contributed by atoms with Crippen LogP contribution in [0.3, 0.4) is 0 Å². The van der Waals surface area contributed by atoms with Crippen molar-refractivity contribution in [3.63, 3.8) is 0 Å². The van der Waals surface area contributed by atoms with Crippen LogP contribution in [0.15, 0.2) is 36.7 Å². The van der Waals surface area contributed by atoms with Gasteiger partial charge in [-0.3, -0.25) is 10.4 Å². The monoisotopic (exact) mass is 456 g/mol. The van der Waals surface area contributed by atoms with E-state index in [1.807, 2.05) is 38.1 Å². The maximum atomic E-state index is 9.34. The standard InChI is InChI=1S/2C8H12NO.C3H6O3.C2H4O2S/c2*1-3-8-5-4-6-9(10)7(8)2;1-2(4)3(5)6;3-2(4)1-5/h2*4-6,10H,3H2,1-2H3;2,4H,1H3,(H,5,6);5H,1H2,(H,3,4)/q2*+1;;/p-2. The van der Waals surface area contributed by atoms with Gasteiger partial charge in [0.15, 0.2) is 0 Å². The van der Waals surface area contributed by atoms with Gasteiger partial charge in [0, 0.05) is 52.3 Å². The van der Waals surface area contributed by atoms with E-state index in [4.69, 9.17) is 15.5 Å². The number of carbonyl (C=O) groups excluding carboxylic acids is 2. The third-order valence-corrected chi connectivity index (χ3v) is 4.16. The highest BCUT2D eigenvalue weighted by molar-refractivity contribution is 7.81. The number of carboxylic acid groups (broad SMARTS) is 2. The normalized spacial score (nSPS) is 10.2. The van der Waals surface area contributed by atoms with Gasteiger partial charge in [0.25, 0.3) is 0 Å². The maximum Gasteiger partial charge on any atom is 0.234 e. The van der Waals surface area contributed by atoms with E-state index in [1.54, 1.807) is 12.4 Å². The van der Waals surface area contributed by atoms with Crippen LogP contribution in [0.2, 0.25) is 0 Å². The van der Waals surface area contributed by atoms with E-state index in [9.17, 15) is 19.8 Å². The van der Waals surface area contributed by atoms with Gasteiger partial charge in [-0.05, 0) is 31.9 Å². The number of pyridine rings is 2. The molecule has 2 heterocycles. The first-order chi connectivity index (χ1) is 14.4. The second-order valence-corrected chi connectivity index (χ2v) is 6.48. The van der Waals surface area contributed by atoms with Crippen molar-refractivity contribution < 1.29 is 44.8 Å². The average Bonchev–Trinajstić information content (AvgIpc) is 2.73. The van der Waals surface area contributed by atoms with Crippen LogP contribution in [0.1, 0.15) is 43.3 Å². The summed E-state index contributed by atoms with van der Waals surface area (Å²) in [7, 11) is 0. The molecule has 1 atom stereocenters. The van der Waals surface area contributed by atoms with Gasteiger partial charge in [0.05, 0.1) is 18.0 Å². The minimum Gasteiger partial charge on any atom is -0.549 e. The van der Waals surface area contributed by atoms with Crippen LogP contribution in [0, 0.1) is 13.8 Å². The predicted octanol–water partition coefficient (Wildman–Crippen LogP) is -1.05. The first-order valence-corrected chi connectivity index (χ1v) is 10.1. The zero-order valence-corrected chi connectivity index (χ0v) is 19.4. The van der Waals surface area contributed by atoms with Gasteiger partial charge >= 0.3 is 0 Å². The van der Waals surface area contributed by atoms with Crippen LogP contribution in [0.25, 0.3) is 0 Å². The third kappa shape index (κ3) is 13.9. The van der Waals surface area contributed by atoms with Crippen LogP contribution in [0.4, 0.5) is 0 Å². The molecule has 9 nitrogen and oxygen atoms in total. The van der Waals surface area contributed by atoms with Crippen LogP contribution in [-0.4, -0.2) is 39.3 Å². The minimum absolute atomic E-state index is 0.194. The van der Waals surface area contributed by atoms with Crippen LogP contribution >= 0.6 is 12.6 Å². The SMILES string of the molecule is CC(O)C(=O)[O-].CCc1ccc[n+](O)c1C.CCc1ccc[n+](O)c1C.O=C([O-])CS. The number of nitrogens with zero attached hydrogens (tertiary/aromatic N) is 2. The van der Waals surface area contributed by atoms with E-state index in [0.29, 0.717) is 0 Å². The number of aliphatic carboxylic acids is 2. The second-order valence-electron chi connectivity index (χ2n) is 6.16. The van der Waals surface area contributed by atoms with Crippen molar-refractivity contribution in [3.8, 4) is 0 Å². The fourth-order valence-electron chi connectivity index (χ4n) is 1.99. The fourth-order valence-corrected chi connectivity index (χ4v) is 1.99. The number of rotatable bonds is 4. The lowest BCUT2D eigenvalue weighted by Gasteiger charge is -2.00. The van der Waals surface area contributed by atoms with Crippen molar-refractivity contribution in [1.29, 1.82) is 0 Å². The number of carboxylic acids is 2. The molecule has 1 unspecified atom stereocenters. The molecule has 2 rings (SSSR count). The summed E-state index contributed by atoms with van der Waals surface area (Å²) in [5.74, 6) is -2.76. The molecule has 31 heavy (non-hydrogen) atoms. The van der Waals surface area contributed by atoms with E-state index in [-0.39, 0.29) is 5.75 Å². The Labute approximate surface area is 188 Å². The lowest BCUT2D eigenvalue weighted by Crippen LogP contribution is -2.33. The molecule has 0 bridgehead atoms. The van der Waals surface area contributed by atoms with Crippen LogP contribution in [0.5, 0.6) is 0 Å². The summed E-state index contributed by atoms with van der Waals surface area (Å²) in [5.41, 5.74) is 4.21. The number of aliphatic hydroxyl groups is 1. The van der Waals surface area contributed by atoms with Gasteiger partial charge in [0.2, 0.25) is 23.8 Å². The van der Waals surface area contributed by atoms with Gasteiger partial charge < -0.3 is 24.9 Å². The first kappa shape index (κ1) is 30.3. The van der Waals surface area contributed by atoms with Crippen molar-refractivity contribution in [3.05, 3.63) is 59.2 Å². The quantitative estimate of drug-likeness (QED) is 0.260. The Morgan fingerprint density at radius 3 is 1.42 bits per heavy atom. The Morgan fingerprint density at radius 2 is 1.26 bits per heavy atom. The summed E-state index contributed by atoms with van der Waals surface area (Å²) in [5, 5.41) is 44.8. The highest BCUT2D eigenvalue weighted by Gasteiger charge is 2.07. The molecule has 174 valence electrons. The van der Waals surface area contributed by atoms with E-state index in [1.165, 1.54) is 11.1 Å².